The molecule has 24 heavy (non-hydrogen) atoms. The van der Waals surface area contributed by atoms with E-state index in [9.17, 15) is 13.2 Å². The highest BCUT2D eigenvalue weighted by atomic mass is 32.2. The van der Waals surface area contributed by atoms with E-state index in [0.717, 1.165) is 0 Å². The molecule has 1 atom stereocenters. The highest BCUT2D eigenvalue weighted by molar-refractivity contribution is 7.80. The van der Waals surface area contributed by atoms with Gasteiger partial charge in [-0.3, -0.25) is 4.21 Å². The van der Waals surface area contributed by atoms with Crippen molar-refractivity contribution in [2.75, 3.05) is 24.6 Å². The molecule has 7 heteroatoms. The van der Waals surface area contributed by atoms with Crippen molar-refractivity contribution in [1.29, 1.82) is 0 Å². The number of hydrogen-bond donors (Lipinski definition) is 0. The van der Waals surface area contributed by atoms with Gasteiger partial charge in [-0.15, -0.1) is 0 Å². The van der Waals surface area contributed by atoms with E-state index in [0.29, 0.717) is 0 Å². The van der Waals surface area contributed by atoms with Crippen molar-refractivity contribution >= 4 is 18.3 Å². The number of hydrogen-bond acceptors (Lipinski definition) is 2. The predicted molar refractivity (Wildman–Crippen MR) is 101 cm³/mol. The molecule has 1 unspecified atom stereocenters. The van der Waals surface area contributed by atoms with Crippen LogP contribution in [0, 0.1) is 0 Å². The number of rotatable bonds is 12. The monoisotopic (exact) mass is 392 g/mol. The minimum atomic E-state index is -5.08. The van der Waals surface area contributed by atoms with Crippen LogP contribution in [-0.4, -0.2) is 38.9 Å². The Kier molecular flexibility index (Phi) is 17.2. The summed E-state index contributed by atoms with van der Waals surface area (Å²) in [5.41, 5.74) is -5.08. The second-order valence-electron chi connectivity index (χ2n) is 6.33. The summed E-state index contributed by atoms with van der Waals surface area (Å²) in [6.45, 7) is 9.42. The van der Waals surface area contributed by atoms with Gasteiger partial charge in [-0.25, -0.2) is 0 Å². The first-order valence-electron chi connectivity index (χ1n) is 9.20. The Hall–Kier alpha value is 0.330. The minimum Gasteiger partial charge on any atom is -0.766 e. The fraction of sp³-hybridized carbons (Fsp3) is 1.00. The number of unbranched alkanes of at least 4 members (excludes halogenated alkanes) is 4. The van der Waals surface area contributed by atoms with Gasteiger partial charge in [0.05, 0.1) is 35.7 Å². The molecule has 2 nitrogen and oxygen atoms in total. The molecule has 0 aromatic carbocycles. The summed E-state index contributed by atoms with van der Waals surface area (Å²) >= 11 is -3.93. The number of alkyl halides is 3. The second kappa shape index (κ2) is 15.6. The molecule has 0 radical (unpaired) electrons. The van der Waals surface area contributed by atoms with E-state index < -0.39 is 23.9 Å². The highest BCUT2D eigenvalue weighted by Gasteiger charge is 2.34. The summed E-state index contributed by atoms with van der Waals surface area (Å²) in [5.74, 6) is 0. The van der Waals surface area contributed by atoms with Crippen LogP contribution in [-0.2, 0) is 11.1 Å². The molecule has 0 amide bonds. The molecule has 0 aliphatic carbocycles. The molecular formula is C17H36F3O2PS. The summed E-state index contributed by atoms with van der Waals surface area (Å²) < 4.78 is 49.5. The van der Waals surface area contributed by atoms with Crippen molar-refractivity contribution < 1.29 is 21.9 Å². The van der Waals surface area contributed by atoms with Crippen molar-refractivity contribution in [3.63, 3.8) is 0 Å². The van der Waals surface area contributed by atoms with Crippen molar-refractivity contribution in [3.05, 3.63) is 0 Å². The van der Waals surface area contributed by atoms with Gasteiger partial charge in [-0.1, -0.05) is 53.4 Å². The van der Waals surface area contributed by atoms with Gasteiger partial charge in [-0.05, 0) is 25.7 Å². The molecule has 0 saturated carbocycles. The van der Waals surface area contributed by atoms with Gasteiger partial charge < -0.3 is 4.55 Å². The molecule has 0 saturated heterocycles. The van der Waals surface area contributed by atoms with Crippen molar-refractivity contribution in [3.8, 4) is 0 Å². The normalized spacial score (nSPS) is 13.3. The van der Waals surface area contributed by atoms with Crippen LogP contribution in [0.4, 0.5) is 13.2 Å². The summed E-state index contributed by atoms with van der Waals surface area (Å²) in [5, 5.41) is 0. The van der Waals surface area contributed by atoms with Crippen LogP contribution < -0.4 is 0 Å². The topological polar surface area (TPSA) is 40.1 Å². The van der Waals surface area contributed by atoms with E-state index in [1.54, 1.807) is 24.6 Å². The lowest BCUT2D eigenvalue weighted by Crippen LogP contribution is -2.14. The van der Waals surface area contributed by atoms with Crippen LogP contribution in [0.25, 0.3) is 0 Å². The molecule has 0 N–H and O–H groups in total. The Bertz CT molecular complexity index is 275. The average molecular weight is 393 g/mol. The fourth-order valence-corrected chi connectivity index (χ4v) is 7.93. The molecule has 0 aliphatic rings. The smallest absolute Gasteiger partial charge is 0.458 e. The van der Waals surface area contributed by atoms with Gasteiger partial charge in [0.25, 0.3) is 0 Å². The van der Waals surface area contributed by atoms with E-state index in [-0.39, 0.29) is 0 Å². The molecule has 0 rings (SSSR count). The Morgan fingerprint density at radius 2 is 0.958 bits per heavy atom. The minimum absolute atomic E-state index is 0.562. The molecule has 148 valence electrons. The molecule has 0 aromatic heterocycles. The van der Waals surface area contributed by atoms with Crippen LogP contribution in [0.1, 0.15) is 79.1 Å². The second-order valence-corrected chi connectivity index (χ2v) is 11.7. The van der Waals surface area contributed by atoms with Gasteiger partial charge in [-0.2, -0.15) is 13.2 Å². The summed E-state index contributed by atoms with van der Waals surface area (Å²) in [4.78, 5) is 0. The molecular weight excluding hydrogens is 356 g/mol. The molecule has 0 aliphatic heterocycles. The molecule has 0 aromatic rings. The Labute approximate surface area is 150 Å². The predicted octanol–water partition coefficient (Wildman–Crippen LogP) is 6.59. The van der Waals surface area contributed by atoms with Gasteiger partial charge >= 0.3 is 5.51 Å². The third-order valence-electron chi connectivity index (χ3n) is 4.13. The quantitative estimate of drug-likeness (QED) is 0.278. The van der Waals surface area contributed by atoms with Crippen LogP contribution in [0.15, 0.2) is 0 Å². The maximum atomic E-state index is 10.6. The average Bonchev–Trinajstić information content (AvgIpc) is 2.53. The summed E-state index contributed by atoms with van der Waals surface area (Å²) in [7, 11) is -0.562. The molecule has 0 fully saturated rings. The van der Waals surface area contributed by atoms with Crippen LogP contribution in [0.3, 0.4) is 0 Å². The maximum absolute atomic E-state index is 10.6. The van der Waals surface area contributed by atoms with Crippen LogP contribution in [0.2, 0.25) is 0 Å². The summed E-state index contributed by atoms with van der Waals surface area (Å²) in [6.07, 6.45) is 17.9. The van der Waals surface area contributed by atoms with Gasteiger partial charge in [0.15, 0.2) is 0 Å². The third kappa shape index (κ3) is 14.7. The zero-order valence-corrected chi connectivity index (χ0v) is 17.5. The third-order valence-corrected chi connectivity index (χ3v) is 9.57. The largest absolute Gasteiger partial charge is 0.766 e. The lowest BCUT2D eigenvalue weighted by atomic mass is 10.4. The fourth-order valence-electron chi connectivity index (χ4n) is 2.64. The first-order chi connectivity index (χ1) is 11.2. The lowest BCUT2D eigenvalue weighted by molar-refractivity contribution is -0.0452. The first kappa shape index (κ1) is 26.6. The number of halogens is 3. The van der Waals surface area contributed by atoms with E-state index in [1.165, 1.54) is 51.4 Å². The van der Waals surface area contributed by atoms with E-state index in [4.69, 9.17) is 8.76 Å². The summed E-state index contributed by atoms with van der Waals surface area (Å²) in [6, 6.07) is 0. The zero-order chi connectivity index (χ0) is 19.1. The van der Waals surface area contributed by atoms with E-state index in [1.807, 2.05) is 0 Å². The van der Waals surface area contributed by atoms with Crippen molar-refractivity contribution in [2.45, 2.75) is 84.6 Å². The lowest BCUT2D eigenvalue weighted by Gasteiger charge is -2.28. The first-order valence-corrected chi connectivity index (χ1v) is 12.8. The van der Waals surface area contributed by atoms with Crippen LogP contribution in [0.5, 0.6) is 0 Å². The maximum Gasteiger partial charge on any atom is 0.458 e. The Morgan fingerprint density at radius 3 is 1.08 bits per heavy atom. The molecule has 0 spiro atoms. The standard InChI is InChI=1S/C16H36P.CHF3O2S/c1-5-9-13-17(14-10-6-2,15-11-7-3)16-12-8-4;2-1(3,4)7(5)6/h5-16H2,1-4H3;(H,5,6)/q+1;/p-1. The molecule has 0 bridgehead atoms. The Morgan fingerprint density at radius 1 is 0.750 bits per heavy atom. The molecule has 0 heterocycles. The SMILES string of the molecule is CCCC[P+](CCCC)(CCCC)CCCC.O=S([O-])C(F)(F)F. The van der Waals surface area contributed by atoms with Gasteiger partial charge in [0.1, 0.15) is 0 Å². The van der Waals surface area contributed by atoms with Crippen molar-refractivity contribution in [1.82, 2.24) is 0 Å². The Balaban J connectivity index is 0. The van der Waals surface area contributed by atoms with E-state index >= 15 is 0 Å². The van der Waals surface area contributed by atoms with Gasteiger partial charge in [0.2, 0.25) is 0 Å². The highest BCUT2D eigenvalue weighted by Crippen LogP contribution is 2.61. The van der Waals surface area contributed by atoms with E-state index in [2.05, 4.69) is 27.7 Å². The van der Waals surface area contributed by atoms with Gasteiger partial charge in [0, 0.05) is 7.26 Å². The zero-order valence-electron chi connectivity index (χ0n) is 15.8. The van der Waals surface area contributed by atoms with Crippen LogP contribution >= 0.6 is 7.26 Å². The van der Waals surface area contributed by atoms with Crippen molar-refractivity contribution in [2.24, 2.45) is 0 Å².